The molecule has 1 aliphatic rings. The average Bonchev–Trinajstić information content (AvgIpc) is 2.90. The molecular formula is C16H19NO2. The zero-order chi connectivity index (χ0) is 13.1. The molecule has 0 amide bonds. The Hall–Kier alpha value is -1.61. The molecule has 0 bridgehead atoms. The number of ketones is 1. The number of fused-ring (bicyclic) bond motifs is 1. The zero-order valence-corrected chi connectivity index (χ0v) is 11.1. The summed E-state index contributed by atoms with van der Waals surface area (Å²) in [4.78, 5) is 14.7. The summed E-state index contributed by atoms with van der Waals surface area (Å²) >= 11 is 0. The molecule has 3 rings (SSSR count). The molecule has 19 heavy (non-hydrogen) atoms. The van der Waals surface area contributed by atoms with Crippen LogP contribution in [0, 0.1) is 0 Å². The Labute approximate surface area is 113 Å². The molecule has 1 aromatic heterocycles. The normalized spacial score (nSPS) is 16.8. The molecule has 1 fully saturated rings. The van der Waals surface area contributed by atoms with Gasteiger partial charge in [-0.3, -0.25) is 4.79 Å². The fourth-order valence-corrected chi connectivity index (χ4v) is 2.77. The minimum atomic E-state index is 0.190. The monoisotopic (exact) mass is 257 g/mol. The van der Waals surface area contributed by atoms with Crippen LogP contribution in [0.2, 0.25) is 0 Å². The van der Waals surface area contributed by atoms with Crippen molar-refractivity contribution in [3.05, 3.63) is 36.1 Å². The first-order valence-electron chi connectivity index (χ1n) is 7.06. The minimum absolute atomic E-state index is 0.190. The van der Waals surface area contributed by atoms with Gasteiger partial charge in [-0.2, -0.15) is 0 Å². The average molecular weight is 257 g/mol. The van der Waals surface area contributed by atoms with Crippen molar-refractivity contribution >= 4 is 16.8 Å². The summed E-state index contributed by atoms with van der Waals surface area (Å²) in [5, 5.41) is 0.936. The molecule has 0 N–H and O–H groups in total. The van der Waals surface area contributed by atoms with Crippen LogP contribution in [0.5, 0.6) is 0 Å². The maximum Gasteiger partial charge on any atom is 0.168 e. The van der Waals surface area contributed by atoms with Crippen molar-refractivity contribution < 1.29 is 9.21 Å². The molecular weight excluding hydrogens is 238 g/mol. The summed E-state index contributed by atoms with van der Waals surface area (Å²) in [6.45, 7) is 3.15. The van der Waals surface area contributed by atoms with Gasteiger partial charge >= 0.3 is 0 Å². The first-order valence-corrected chi connectivity index (χ1v) is 7.06. The highest BCUT2D eigenvalue weighted by molar-refractivity contribution is 6.07. The standard InChI is InChI=1S/C16H19NO2/c18-15(8-11-17-9-4-1-5-10-17)14-12-19-16-7-3-2-6-13(14)16/h2-3,6-7,12H,1,4-5,8-11H2. The van der Waals surface area contributed by atoms with Gasteiger partial charge in [-0.05, 0) is 32.0 Å². The summed E-state index contributed by atoms with van der Waals surface area (Å²) in [5.41, 5.74) is 1.52. The lowest BCUT2D eigenvalue weighted by atomic mass is 10.1. The number of furan rings is 1. The van der Waals surface area contributed by atoms with Gasteiger partial charge in [-0.15, -0.1) is 0 Å². The van der Waals surface area contributed by atoms with Gasteiger partial charge in [-0.25, -0.2) is 0 Å². The number of benzene rings is 1. The number of nitrogens with zero attached hydrogens (tertiary/aromatic N) is 1. The fourth-order valence-electron chi connectivity index (χ4n) is 2.77. The maximum absolute atomic E-state index is 12.3. The van der Waals surface area contributed by atoms with Crippen molar-refractivity contribution in [3.8, 4) is 0 Å². The van der Waals surface area contributed by atoms with Crippen molar-refractivity contribution in [2.24, 2.45) is 0 Å². The van der Waals surface area contributed by atoms with Crippen LogP contribution in [-0.2, 0) is 0 Å². The second-order valence-corrected chi connectivity index (χ2v) is 5.22. The first-order chi connectivity index (χ1) is 9.34. The van der Waals surface area contributed by atoms with E-state index in [1.54, 1.807) is 6.26 Å². The Balaban J connectivity index is 1.66. The molecule has 100 valence electrons. The summed E-state index contributed by atoms with van der Waals surface area (Å²) in [7, 11) is 0. The molecule has 2 aromatic rings. The van der Waals surface area contributed by atoms with Crippen LogP contribution in [0.3, 0.4) is 0 Å². The smallest absolute Gasteiger partial charge is 0.168 e. The zero-order valence-electron chi connectivity index (χ0n) is 11.1. The number of carbonyl (C=O) groups excluding carboxylic acids is 1. The van der Waals surface area contributed by atoms with E-state index in [-0.39, 0.29) is 5.78 Å². The molecule has 1 aromatic carbocycles. The fraction of sp³-hybridized carbons (Fsp3) is 0.438. The highest BCUT2D eigenvalue weighted by Gasteiger charge is 2.16. The second kappa shape index (κ2) is 5.57. The van der Waals surface area contributed by atoms with Crippen LogP contribution in [0.25, 0.3) is 11.0 Å². The van der Waals surface area contributed by atoms with Gasteiger partial charge in [0.1, 0.15) is 11.8 Å². The SMILES string of the molecule is O=C(CCN1CCCCC1)c1coc2ccccc12. The van der Waals surface area contributed by atoms with Crippen LogP contribution < -0.4 is 0 Å². The molecule has 0 aliphatic carbocycles. The number of hydrogen-bond donors (Lipinski definition) is 0. The van der Waals surface area contributed by atoms with E-state index in [1.165, 1.54) is 19.3 Å². The van der Waals surface area contributed by atoms with E-state index in [1.807, 2.05) is 24.3 Å². The van der Waals surface area contributed by atoms with Crippen LogP contribution in [0.15, 0.2) is 34.9 Å². The molecule has 0 unspecified atom stereocenters. The molecule has 2 heterocycles. The quantitative estimate of drug-likeness (QED) is 0.786. The summed E-state index contributed by atoms with van der Waals surface area (Å²) in [6.07, 6.45) is 6.05. The third-order valence-electron chi connectivity index (χ3n) is 3.89. The van der Waals surface area contributed by atoms with Crippen molar-refractivity contribution in [2.75, 3.05) is 19.6 Å². The molecule has 0 spiro atoms. The van der Waals surface area contributed by atoms with Gasteiger partial charge in [0.2, 0.25) is 0 Å². The molecule has 1 aliphatic heterocycles. The number of likely N-dealkylation sites (tertiary alicyclic amines) is 1. The predicted molar refractivity (Wildman–Crippen MR) is 75.5 cm³/mol. The van der Waals surface area contributed by atoms with E-state index < -0.39 is 0 Å². The molecule has 0 saturated carbocycles. The van der Waals surface area contributed by atoms with Crippen LogP contribution >= 0.6 is 0 Å². The largest absolute Gasteiger partial charge is 0.464 e. The lowest BCUT2D eigenvalue weighted by Crippen LogP contribution is -2.31. The highest BCUT2D eigenvalue weighted by atomic mass is 16.3. The number of para-hydroxylation sites is 1. The number of Topliss-reactive ketones (excluding diaryl/α,β-unsaturated/α-hetero) is 1. The lowest BCUT2D eigenvalue weighted by Gasteiger charge is -2.25. The summed E-state index contributed by atoms with van der Waals surface area (Å²) in [5.74, 6) is 0.190. The van der Waals surface area contributed by atoms with Crippen molar-refractivity contribution in [3.63, 3.8) is 0 Å². The first kappa shape index (κ1) is 12.4. The Morgan fingerprint density at radius 3 is 2.79 bits per heavy atom. The van der Waals surface area contributed by atoms with Gasteiger partial charge in [0, 0.05) is 18.4 Å². The topological polar surface area (TPSA) is 33.5 Å². The highest BCUT2D eigenvalue weighted by Crippen LogP contribution is 2.22. The maximum atomic E-state index is 12.3. The van der Waals surface area contributed by atoms with Gasteiger partial charge in [-0.1, -0.05) is 24.6 Å². The Morgan fingerprint density at radius 1 is 1.16 bits per heavy atom. The van der Waals surface area contributed by atoms with Crippen molar-refractivity contribution in [1.82, 2.24) is 4.90 Å². The van der Waals surface area contributed by atoms with E-state index in [0.29, 0.717) is 6.42 Å². The molecule has 0 atom stereocenters. The molecule has 3 heteroatoms. The van der Waals surface area contributed by atoms with Crippen LogP contribution in [0.1, 0.15) is 36.0 Å². The number of hydrogen-bond acceptors (Lipinski definition) is 3. The molecule has 3 nitrogen and oxygen atoms in total. The van der Waals surface area contributed by atoms with Gasteiger partial charge in [0.05, 0.1) is 5.56 Å². The van der Waals surface area contributed by atoms with Gasteiger partial charge in [0.15, 0.2) is 5.78 Å². The van der Waals surface area contributed by atoms with E-state index >= 15 is 0 Å². The van der Waals surface area contributed by atoms with Crippen LogP contribution in [0.4, 0.5) is 0 Å². The Morgan fingerprint density at radius 2 is 1.95 bits per heavy atom. The van der Waals surface area contributed by atoms with E-state index in [9.17, 15) is 4.79 Å². The molecule has 1 saturated heterocycles. The Kier molecular flexibility index (Phi) is 3.65. The van der Waals surface area contributed by atoms with Crippen molar-refractivity contribution in [2.45, 2.75) is 25.7 Å². The lowest BCUT2D eigenvalue weighted by molar-refractivity contribution is 0.0959. The summed E-state index contributed by atoms with van der Waals surface area (Å²) in [6, 6.07) is 7.72. The minimum Gasteiger partial charge on any atom is -0.464 e. The number of piperidine rings is 1. The van der Waals surface area contributed by atoms with E-state index in [2.05, 4.69) is 4.90 Å². The summed E-state index contributed by atoms with van der Waals surface area (Å²) < 4.78 is 5.43. The van der Waals surface area contributed by atoms with E-state index in [4.69, 9.17) is 4.42 Å². The van der Waals surface area contributed by atoms with Crippen LogP contribution in [-0.4, -0.2) is 30.3 Å². The Bertz CT molecular complexity index is 567. The third kappa shape index (κ3) is 2.71. The number of carbonyl (C=O) groups is 1. The predicted octanol–water partition coefficient (Wildman–Crippen LogP) is 3.49. The molecule has 0 radical (unpaired) electrons. The van der Waals surface area contributed by atoms with Gasteiger partial charge in [0.25, 0.3) is 0 Å². The van der Waals surface area contributed by atoms with Gasteiger partial charge < -0.3 is 9.32 Å². The van der Waals surface area contributed by atoms with E-state index in [0.717, 1.165) is 36.2 Å². The van der Waals surface area contributed by atoms with Crippen molar-refractivity contribution in [1.29, 1.82) is 0 Å². The number of rotatable bonds is 4. The third-order valence-corrected chi connectivity index (χ3v) is 3.89. The second-order valence-electron chi connectivity index (χ2n) is 5.22.